The predicted octanol–water partition coefficient (Wildman–Crippen LogP) is 5.45. The van der Waals surface area contributed by atoms with Crippen LogP contribution in [0.25, 0.3) is 21.9 Å². The van der Waals surface area contributed by atoms with E-state index in [0.29, 0.717) is 58.8 Å². The van der Waals surface area contributed by atoms with Gasteiger partial charge >= 0.3 is 5.69 Å². The number of halogens is 1. The molecule has 60 heavy (non-hydrogen) atoms. The molecule has 312 valence electrons. The number of imidazole rings is 1. The number of anilines is 2. The maximum Gasteiger partial charge on any atom is 0.329 e. The van der Waals surface area contributed by atoms with Gasteiger partial charge in [0, 0.05) is 63.1 Å². The summed E-state index contributed by atoms with van der Waals surface area (Å²) in [5.74, 6) is -0.485. The second-order valence-electron chi connectivity index (χ2n) is 17.2. The molecule has 1 saturated carbocycles. The number of piperidine rings is 3. The molecule has 5 aromatic rings. The van der Waals surface area contributed by atoms with Crippen LogP contribution in [0.3, 0.4) is 0 Å². The molecule has 3 amide bonds. The van der Waals surface area contributed by atoms with Crippen LogP contribution in [-0.2, 0) is 16.6 Å². The van der Waals surface area contributed by atoms with Crippen molar-refractivity contribution in [1.29, 1.82) is 5.26 Å². The molecular weight excluding hydrogens is 768 g/mol. The van der Waals surface area contributed by atoms with Crippen LogP contribution in [0.5, 0.6) is 5.75 Å². The number of aromatic nitrogens is 5. The second kappa shape index (κ2) is 15.8. The zero-order chi connectivity index (χ0) is 41.7. The van der Waals surface area contributed by atoms with Crippen LogP contribution in [0.2, 0.25) is 0 Å². The van der Waals surface area contributed by atoms with Crippen molar-refractivity contribution in [3.63, 3.8) is 0 Å². The van der Waals surface area contributed by atoms with Gasteiger partial charge in [-0.25, -0.2) is 9.18 Å². The van der Waals surface area contributed by atoms with E-state index >= 15 is 4.39 Å². The van der Waals surface area contributed by atoms with Gasteiger partial charge in [-0.15, -0.1) is 0 Å². The quantitative estimate of drug-likeness (QED) is 0.192. The number of rotatable bonds is 8. The van der Waals surface area contributed by atoms with Gasteiger partial charge in [-0.1, -0.05) is 0 Å². The number of hydrogen-bond donors (Lipinski definition) is 2. The highest BCUT2D eigenvalue weighted by Gasteiger charge is 2.40. The Morgan fingerprint density at radius 1 is 1.02 bits per heavy atom. The van der Waals surface area contributed by atoms with Crippen molar-refractivity contribution in [2.75, 3.05) is 50.1 Å². The van der Waals surface area contributed by atoms with Gasteiger partial charge in [0.1, 0.15) is 23.7 Å². The van der Waals surface area contributed by atoms with E-state index in [2.05, 4.69) is 36.3 Å². The monoisotopic (exact) mass is 816 g/mol. The van der Waals surface area contributed by atoms with Crippen LogP contribution in [0.15, 0.2) is 53.7 Å². The SMILES string of the molecule is COc1cc2nn([C@H]3CC[C@H](CN4CCC5(CC4)CCN(c4c(F)ccc6c4n(C)c(=O)n6C4CCC(=O)NC4=O)CC5)CC3)cc2cc1NC(=O)c1cncc(C#N)c1. The van der Waals surface area contributed by atoms with Gasteiger partial charge in [-0.05, 0) is 106 Å². The Bertz CT molecular complexity index is 2600. The predicted molar refractivity (Wildman–Crippen MR) is 222 cm³/mol. The average Bonchev–Trinajstić information content (AvgIpc) is 3.79. The second-order valence-corrected chi connectivity index (χ2v) is 17.2. The van der Waals surface area contributed by atoms with Gasteiger partial charge < -0.3 is 19.9 Å². The third kappa shape index (κ3) is 7.29. The van der Waals surface area contributed by atoms with Crippen molar-refractivity contribution in [3.8, 4) is 11.8 Å². The first-order valence-corrected chi connectivity index (χ1v) is 21.0. The van der Waals surface area contributed by atoms with Gasteiger partial charge in [0.15, 0.2) is 0 Å². The number of pyridine rings is 1. The van der Waals surface area contributed by atoms with Gasteiger partial charge in [0.05, 0.1) is 52.2 Å². The summed E-state index contributed by atoms with van der Waals surface area (Å²) in [5.41, 5.74) is 3.14. The summed E-state index contributed by atoms with van der Waals surface area (Å²) >= 11 is 0. The summed E-state index contributed by atoms with van der Waals surface area (Å²) in [7, 11) is 3.18. The third-order valence-electron chi connectivity index (χ3n) is 13.7. The van der Waals surface area contributed by atoms with Crippen molar-refractivity contribution < 1.29 is 23.5 Å². The Morgan fingerprint density at radius 3 is 2.48 bits per heavy atom. The minimum Gasteiger partial charge on any atom is -0.494 e. The van der Waals surface area contributed by atoms with E-state index < -0.39 is 17.6 Å². The fourth-order valence-corrected chi connectivity index (χ4v) is 10.2. The number of methoxy groups -OCH3 is 1. The van der Waals surface area contributed by atoms with Crippen molar-refractivity contribution in [2.24, 2.45) is 18.4 Å². The van der Waals surface area contributed by atoms with Crippen molar-refractivity contribution in [3.05, 3.63) is 76.4 Å². The Morgan fingerprint density at radius 2 is 1.77 bits per heavy atom. The molecule has 4 fully saturated rings. The number of aryl methyl sites for hydroxylation is 1. The highest BCUT2D eigenvalue weighted by atomic mass is 19.1. The highest BCUT2D eigenvalue weighted by molar-refractivity contribution is 6.06. The van der Waals surface area contributed by atoms with Crippen molar-refractivity contribution in [2.45, 2.75) is 76.3 Å². The number of hydrogen-bond acceptors (Lipinski definition) is 10. The Labute approximate surface area is 346 Å². The minimum atomic E-state index is -0.817. The zero-order valence-corrected chi connectivity index (χ0v) is 34.0. The van der Waals surface area contributed by atoms with Crippen LogP contribution >= 0.6 is 0 Å². The van der Waals surface area contributed by atoms with Crippen LogP contribution in [0.1, 0.15) is 92.2 Å². The molecule has 3 aliphatic heterocycles. The molecule has 2 N–H and O–H groups in total. The summed E-state index contributed by atoms with van der Waals surface area (Å²) < 4.78 is 26.2. The lowest BCUT2D eigenvalue weighted by atomic mass is 9.71. The number of carbonyl (C=O) groups is 3. The molecule has 16 heteroatoms. The van der Waals surface area contributed by atoms with Gasteiger partial charge in [-0.3, -0.25) is 38.5 Å². The summed E-state index contributed by atoms with van der Waals surface area (Å²) in [6, 6.07) is 9.67. The number of likely N-dealkylation sites (tertiary alicyclic amines) is 1. The Balaban J connectivity index is 0.786. The maximum atomic E-state index is 15.7. The lowest BCUT2D eigenvalue weighted by Crippen LogP contribution is -2.48. The number of carbonyl (C=O) groups excluding carboxylic acids is 3. The number of benzene rings is 2. The van der Waals surface area contributed by atoms with Gasteiger partial charge in [0.2, 0.25) is 11.8 Å². The lowest BCUT2D eigenvalue weighted by Gasteiger charge is -2.48. The van der Waals surface area contributed by atoms with Crippen LogP contribution in [-0.4, -0.2) is 86.4 Å². The largest absolute Gasteiger partial charge is 0.494 e. The number of nitriles is 1. The van der Waals surface area contributed by atoms with E-state index in [0.717, 1.165) is 81.9 Å². The molecule has 6 heterocycles. The smallest absolute Gasteiger partial charge is 0.329 e. The molecule has 0 bridgehead atoms. The number of imide groups is 1. The molecule has 15 nitrogen and oxygen atoms in total. The van der Waals surface area contributed by atoms with Gasteiger partial charge in [-0.2, -0.15) is 10.4 Å². The molecule has 3 aromatic heterocycles. The maximum absolute atomic E-state index is 15.7. The van der Waals surface area contributed by atoms with Crippen LogP contribution < -0.4 is 26.0 Å². The Hall–Kier alpha value is -6.08. The molecule has 0 radical (unpaired) electrons. The number of nitrogens with zero attached hydrogens (tertiary/aromatic N) is 8. The van der Waals surface area contributed by atoms with Crippen LogP contribution in [0.4, 0.5) is 15.8 Å². The Kier molecular flexibility index (Phi) is 10.4. The van der Waals surface area contributed by atoms with Crippen LogP contribution in [0, 0.1) is 28.5 Å². The highest BCUT2D eigenvalue weighted by Crippen LogP contribution is 2.44. The first-order valence-electron chi connectivity index (χ1n) is 21.0. The fraction of sp³-hybridized carbons (Fsp3) is 0.477. The molecule has 2 aromatic carbocycles. The van der Waals surface area contributed by atoms with E-state index in [4.69, 9.17) is 9.84 Å². The summed E-state index contributed by atoms with van der Waals surface area (Å²) in [5, 5.41) is 20.3. The molecule has 9 rings (SSSR count). The normalized spacial score (nSPS) is 22.2. The topological polar surface area (TPSA) is 172 Å². The molecule has 3 saturated heterocycles. The number of nitrogens with one attached hydrogen (secondary N) is 2. The first-order chi connectivity index (χ1) is 29.0. The molecule has 1 atom stereocenters. The number of amides is 3. The van der Waals surface area contributed by atoms with Crippen molar-refractivity contribution >= 4 is 51.0 Å². The standard InChI is InChI=1S/C44H49FN10O5/c1-51-40-35(55(43(51)59)36-9-10-38(56)49-42(36)58)8-7-32(45)39(40)53-17-13-44(14-18-53)11-15-52(16-12-44)25-27-3-5-31(6-4-27)54-26-30-20-34(37(60-2)21-33(30)50-54)48-41(57)29-19-28(22-46)23-47-24-29/h7-8,19-21,23-24,26-27,31,36H,3-6,9-18,25H2,1-2H3,(H,48,57)(H,49,56,58)/t27-,31-,36?. The van der Waals surface area contributed by atoms with E-state index in [-0.39, 0.29) is 41.5 Å². The molecule has 1 unspecified atom stereocenters. The number of ether oxygens (including phenoxy) is 1. The summed E-state index contributed by atoms with van der Waals surface area (Å²) in [6.45, 7) is 4.59. The van der Waals surface area contributed by atoms with E-state index in [1.165, 1.54) is 33.7 Å². The number of fused-ring (bicyclic) bond motifs is 2. The fourth-order valence-electron chi connectivity index (χ4n) is 10.2. The summed E-state index contributed by atoms with van der Waals surface area (Å²) in [6.07, 6.45) is 13.7. The molecule has 1 spiro atoms. The van der Waals surface area contributed by atoms with Gasteiger partial charge in [0.25, 0.3) is 5.91 Å². The van der Waals surface area contributed by atoms with Crippen molar-refractivity contribution in [1.82, 2.24) is 34.1 Å². The minimum absolute atomic E-state index is 0.148. The van der Waals surface area contributed by atoms with E-state index in [1.54, 1.807) is 20.2 Å². The first kappa shape index (κ1) is 39.4. The molecule has 1 aliphatic carbocycles. The average molecular weight is 817 g/mol. The lowest BCUT2D eigenvalue weighted by molar-refractivity contribution is -0.135. The zero-order valence-electron chi connectivity index (χ0n) is 34.0. The van der Waals surface area contributed by atoms with E-state index in [1.807, 2.05) is 18.2 Å². The third-order valence-corrected chi connectivity index (χ3v) is 13.7. The summed E-state index contributed by atoms with van der Waals surface area (Å²) in [4.78, 5) is 59.7. The van der Waals surface area contributed by atoms with E-state index in [9.17, 15) is 24.4 Å². The molecular formula is C44H49FN10O5. The molecule has 4 aliphatic rings.